The Morgan fingerprint density at radius 2 is 1.01 bits per heavy atom. The van der Waals surface area contributed by atoms with Gasteiger partial charge in [0.05, 0.1) is 34.3 Å². The topological polar surface area (TPSA) is 263 Å². The van der Waals surface area contributed by atoms with Crippen LogP contribution in [-0.2, 0) is 0 Å². The predicted molar refractivity (Wildman–Crippen MR) is 267 cm³/mol. The number of nitriles is 4. The maximum Gasteiger partial charge on any atom is 0.230 e. The number of nitrogens with one attached hydrogen (secondary N) is 1. The molecule has 0 aliphatic rings. The molecule has 4 aromatic heterocycles. The maximum absolute atomic E-state index is 9.13. The van der Waals surface area contributed by atoms with Crippen molar-refractivity contribution in [2.75, 3.05) is 22.5 Å². The lowest BCUT2D eigenvalue weighted by Crippen LogP contribution is -2.04. The first kappa shape index (κ1) is 47.3. The summed E-state index contributed by atoms with van der Waals surface area (Å²) in [6.45, 7) is 11.8. The highest BCUT2D eigenvalue weighted by molar-refractivity contribution is 6.29. The molecule has 0 aliphatic carbocycles. The maximum atomic E-state index is 9.13. The number of nitrogens with zero attached hydrogens (tertiary/aromatic N) is 10. The Labute approximate surface area is 393 Å². The van der Waals surface area contributed by atoms with Crippen molar-refractivity contribution in [1.82, 2.24) is 29.9 Å². The fourth-order valence-corrected chi connectivity index (χ4v) is 7.81. The summed E-state index contributed by atoms with van der Waals surface area (Å²) in [5, 5.41) is 39.9. The summed E-state index contributed by atoms with van der Waals surface area (Å²) in [7, 11) is 0. The Bertz CT molecular complexity index is 3410. The van der Waals surface area contributed by atoms with Crippen molar-refractivity contribution < 1.29 is 0 Å². The Hall–Kier alpha value is -9.21. The molecule has 328 valence electrons. The number of nitrogen functional groups attached to an aromatic ring is 3. The highest BCUT2D eigenvalue weighted by Gasteiger charge is 2.17. The van der Waals surface area contributed by atoms with Gasteiger partial charge in [-0.2, -0.15) is 26.0 Å². The lowest BCUT2D eigenvalue weighted by Gasteiger charge is -2.15. The molecule has 0 bridgehead atoms. The van der Waals surface area contributed by atoms with E-state index in [1.165, 1.54) is 24.5 Å². The summed E-state index contributed by atoms with van der Waals surface area (Å²) in [6.07, 6.45) is 9.52. The van der Waals surface area contributed by atoms with Crippen LogP contribution in [0, 0.1) is 86.9 Å². The van der Waals surface area contributed by atoms with E-state index in [0.29, 0.717) is 40.3 Å². The molecule has 15 heteroatoms. The number of para-hydroxylation sites is 2. The van der Waals surface area contributed by atoms with Crippen LogP contribution < -0.4 is 22.5 Å². The third-order valence-electron chi connectivity index (χ3n) is 10.6. The van der Waals surface area contributed by atoms with E-state index in [0.717, 1.165) is 88.6 Å². The Morgan fingerprint density at radius 3 is 1.48 bits per heavy atom. The monoisotopic (exact) mass is 898 g/mol. The van der Waals surface area contributed by atoms with Crippen molar-refractivity contribution in [2.24, 2.45) is 0 Å². The van der Waals surface area contributed by atoms with E-state index < -0.39 is 0 Å². The van der Waals surface area contributed by atoms with Gasteiger partial charge in [-0.25, -0.2) is 24.9 Å². The number of rotatable bonds is 6. The van der Waals surface area contributed by atoms with Gasteiger partial charge in [-0.1, -0.05) is 48.5 Å². The second kappa shape index (κ2) is 21.0. The molecule has 8 rings (SSSR count). The van der Waals surface area contributed by atoms with Crippen molar-refractivity contribution in [3.05, 3.63) is 158 Å². The molecule has 8 aromatic rings. The summed E-state index contributed by atoms with van der Waals surface area (Å²) < 4.78 is 0. The fourth-order valence-electron chi connectivity index (χ4n) is 7.64. The van der Waals surface area contributed by atoms with Crippen molar-refractivity contribution in [3.63, 3.8) is 0 Å². The van der Waals surface area contributed by atoms with Crippen LogP contribution in [0.25, 0.3) is 56.2 Å². The first-order valence-corrected chi connectivity index (χ1v) is 20.9. The van der Waals surface area contributed by atoms with Gasteiger partial charge < -0.3 is 22.5 Å². The molecule has 0 aliphatic heterocycles. The number of allylic oxidation sites excluding steroid dienone is 2. The zero-order valence-electron chi connectivity index (χ0n) is 37.5. The summed E-state index contributed by atoms with van der Waals surface area (Å²) in [5.41, 5.74) is 32.2. The van der Waals surface area contributed by atoms with E-state index in [9.17, 15) is 0 Å². The number of hydrogen-bond acceptors (Lipinski definition) is 14. The van der Waals surface area contributed by atoms with Crippen LogP contribution in [-0.4, -0.2) is 29.9 Å². The number of hydrogen-bond donors (Lipinski definition) is 4. The molecule has 0 radical (unpaired) electrons. The van der Waals surface area contributed by atoms with E-state index in [1.54, 1.807) is 24.3 Å². The van der Waals surface area contributed by atoms with Gasteiger partial charge in [0.25, 0.3) is 0 Å². The number of pyridine rings is 2. The van der Waals surface area contributed by atoms with Gasteiger partial charge in [0.1, 0.15) is 35.4 Å². The first-order valence-electron chi connectivity index (χ1n) is 20.6. The summed E-state index contributed by atoms with van der Waals surface area (Å²) >= 11 is 6.00. The van der Waals surface area contributed by atoms with Crippen molar-refractivity contribution in [3.8, 4) is 46.5 Å². The summed E-state index contributed by atoms with van der Waals surface area (Å²) in [5.74, 6) is 2.04. The number of fused-ring (bicyclic) bond motifs is 2. The van der Waals surface area contributed by atoms with Crippen LogP contribution in [0.5, 0.6) is 0 Å². The molecule has 7 N–H and O–H groups in total. The van der Waals surface area contributed by atoms with Crippen LogP contribution in [0.2, 0.25) is 5.28 Å². The number of halogens is 1. The van der Waals surface area contributed by atoms with Crippen molar-refractivity contribution in [1.29, 1.82) is 21.0 Å². The number of aryl methyl sites for hydroxylation is 6. The van der Waals surface area contributed by atoms with Gasteiger partial charge >= 0.3 is 0 Å². The molecule has 4 heterocycles. The van der Waals surface area contributed by atoms with E-state index in [-0.39, 0.29) is 5.28 Å². The lowest BCUT2D eigenvalue weighted by atomic mass is 9.92. The molecule has 0 spiro atoms. The normalized spacial score (nSPS) is 10.6. The molecule has 0 unspecified atom stereocenters. The minimum Gasteiger partial charge on any atom is -0.384 e. The van der Waals surface area contributed by atoms with Gasteiger partial charge in [0, 0.05) is 46.4 Å². The van der Waals surface area contributed by atoms with Crippen LogP contribution in [0.15, 0.2) is 97.3 Å². The van der Waals surface area contributed by atoms with E-state index in [1.807, 2.05) is 120 Å². The molecular weight excluding hydrogens is 856 g/mol. The third-order valence-corrected chi connectivity index (χ3v) is 10.7. The minimum absolute atomic E-state index is 0.135. The number of aromatic nitrogens is 6. The number of anilines is 5. The number of benzene rings is 4. The molecule has 0 fully saturated rings. The van der Waals surface area contributed by atoms with E-state index in [2.05, 4.69) is 36.3 Å². The predicted octanol–water partition coefficient (Wildman–Crippen LogP) is 10.9. The van der Waals surface area contributed by atoms with Crippen LogP contribution in [0.1, 0.15) is 55.6 Å². The zero-order chi connectivity index (χ0) is 48.4. The summed E-state index contributed by atoms with van der Waals surface area (Å²) in [4.78, 5) is 25.6. The molecule has 0 atom stereocenters. The van der Waals surface area contributed by atoms with Gasteiger partial charge in [-0.05, 0) is 145 Å². The molecule has 0 saturated carbocycles. The highest BCUT2D eigenvalue weighted by Crippen LogP contribution is 2.37. The zero-order valence-corrected chi connectivity index (χ0v) is 38.2. The molecule has 67 heavy (non-hydrogen) atoms. The van der Waals surface area contributed by atoms with Crippen LogP contribution in [0.3, 0.4) is 0 Å². The Kier molecular flexibility index (Phi) is 14.8. The SMILES string of the molecule is Cc1cc(/C=C/C#N)cc(C)c1-c1cccc2c(N)nc(Cl)nc12.Cc1cc(N)ncc1C#N.Cc1cc(Nc2nc(N)c3cccc(-c4c(C)cc(/C=C/C#N)cc4C)c3n2)ncc1C#N. The van der Waals surface area contributed by atoms with Gasteiger partial charge in [0.15, 0.2) is 0 Å². The molecular formula is C52H43ClN14. The fraction of sp³-hybridized carbons (Fsp3) is 0.115. The standard InChI is InChI=1S/C26H21N7.C19H15ClN4.C7H7N3/c1-15-12-22(30-14-19(15)13-28)31-26-32-24-20(7-4-8-21(24)25(29)33-26)23-16(2)10-18(6-5-9-27)11-17(23)3;1-11-9-13(5-4-8-21)10-12(2)16(11)14-6-3-7-15-17(14)23-19(20)24-18(15)22;1-5-2-7(9)10-4-6(5)3-8/h4-8,10-12,14H,1-3H3,(H3,29,30,31,32,33);3-7,9-10H,1-2H3,(H2,22,23,24);2,4H,1H3,(H2,9,10)/b6-5+;5-4+;. The second-order valence-electron chi connectivity index (χ2n) is 15.4. The van der Waals surface area contributed by atoms with E-state index >= 15 is 0 Å². The minimum atomic E-state index is 0.135. The Balaban J connectivity index is 0.000000189. The highest BCUT2D eigenvalue weighted by atomic mass is 35.5. The molecule has 0 amide bonds. The van der Waals surface area contributed by atoms with Crippen LogP contribution in [0.4, 0.5) is 29.2 Å². The first-order chi connectivity index (χ1) is 32.1. The smallest absolute Gasteiger partial charge is 0.230 e. The van der Waals surface area contributed by atoms with Gasteiger partial charge in [0.2, 0.25) is 11.2 Å². The van der Waals surface area contributed by atoms with Crippen molar-refractivity contribution in [2.45, 2.75) is 41.5 Å². The quantitative estimate of drug-likeness (QED) is 0.0893. The lowest BCUT2D eigenvalue weighted by molar-refractivity contribution is 1.18. The molecule has 0 saturated heterocycles. The Morgan fingerprint density at radius 1 is 0.552 bits per heavy atom. The second-order valence-corrected chi connectivity index (χ2v) is 15.7. The number of nitrogens with two attached hydrogens (primary N) is 3. The molecule has 14 nitrogen and oxygen atoms in total. The third kappa shape index (κ3) is 10.9. The van der Waals surface area contributed by atoms with Crippen molar-refractivity contribution >= 4 is 74.8 Å². The average Bonchev–Trinajstić information content (AvgIpc) is 3.28. The largest absolute Gasteiger partial charge is 0.384 e. The summed E-state index contributed by atoms with van der Waals surface area (Å²) in [6, 6.07) is 31.5. The van der Waals surface area contributed by atoms with Gasteiger partial charge in [-0.3, -0.25) is 0 Å². The van der Waals surface area contributed by atoms with E-state index in [4.69, 9.17) is 54.8 Å². The average molecular weight is 899 g/mol. The van der Waals surface area contributed by atoms with Gasteiger partial charge in [-0.15, -0.1) is 0 Å². The van der Waals surface area contributed by atoms with Crippen LogP contribution >= 0.6 is 11.6 Å². The molecule has 4 aromatic carbocycles.